The second-order valence-electron chi connectivity index (χ2n) is 7.96. The molecule has 0 amide bonds. The molecule has 164 valence electrons. The Hall–Kier alpha value is -1.76. The molecule has 2 aromatic carbocycles. The minimum absolute atomic E-state index is 0.0133. The van der Waals surface area contributed by atoms with Crippen LogP contribution >= 0.6 is 67.9 Å². The Labute approximate surface area is 224 Å². The lowest BCUT2D eigenvalue weighted by molar-refractivity contribution is 0.467. The van der Waals surface area contributed by atoms with E-state index in [2.05, 4.69) is 80.9 Å². The fourth-order valence-corrected chi connectivity index (χ4v) is 8.20. The van der Waals surface area contributed by atoms with Crippen molar-refractivity contribution in [2.45, 2.75) is 18.9 Å². The zero-order valence-corrected chi connectivity index (χ0v) is 23.0. The Morgan fingerprint density at radius 2 is 1.88 bits per heavy atom. The van der Waals surface area contributed by atoms with Gasteiger partial charge in [-0.1, -0.05) is 41.7 Å². The zero-order chi connectivity index (χ0) is 22.7. The summed E-state index contributed by atoms with van der Waals surface area (Å²) in [6.07, 6.45) is 3.77. The molecular weight excluding hydrogens is 678 g/mol. The van der Waals surface area contributed by atoms with Crippen molar-refractivity contribution in [3.05, 3.63) is 108 Å². The zero-order valence-electron chi connectivity index (χ0n) is 17.1. The molecule has 1 aliphatic heterocycles. The number of aryl methyl sites for hydroxylation is 1. The third-order valence-electron chi connectivity index (χ3n) is 6.02. The summed E-state index contributed by atoms with van der Waals surface area (Å²) >= 11 is 7.36. The van der Waals surface area contributed by atoms with Crippen LogP contribution in [0.5, 0.6) is 5.75 Å². The monoisotopic (exact) mass is 694 g/mol. The molecule has 4 aromatic rings. The summed E-state index contributed by atoms with van der Waals surface area (Å²) in [7, 11) is 0. The number of phenols is 1. The maximum Gasteiger partial charge on any atom is 0.271 e. The van der Waals surface area contributed by atoms with Crippen molar-refractivity contribution in [1.29, 1.82) is 0 Å². The van der Waals surface area contributed by atoms with Crippen LogP contribution in [0.1, 0.15) is 34.0 Å². The Kier molecular flexibility index (Phi) is 5.58. The second-order valence-corrected chi connectivity index (χ2v) is 12.3. The van der Waals surface area contributed by atoms with Crippen molar-refractivity contribution >= 4 is 79.6 Å². The van der Waals surface area contributed by atoms with Crippen molar-refractivity contribution in [1.82, 2.24) is 4.57 Å². The quantitative estimate of drug-likeness (QED) is 0.290. The Balaban J connectivity index is 1.61. The lowest BCUT2D eigenvalue weighted by atomic mass is 9.85. The van der Waals surface area contributed by atoms with E-state index in [1.807, 2.05) is 28.8 Å². The lowest BCUT2D eigenvalue weighted by Crippen LogP contribution is -2.38. The fourth-order valence-electron chi connectivity index (χ4n) is 4.54. The van der Waals surface area contributed by atoms with Crippen molar-refractivity contribution in [2.75, 3.05) is 0 Å². The number of hydrogen-bond donors (Lipinski definition) is 1. The molecule has 0 fully saturated rings. The predicted octanol–water partition coefficient (Wildman–Crippen LogP) is 5.30. The van der Waals surface area contributed by atoms with E-state index >= 15 is 0 Å². The highest BCUT2D eigenvalue weighted by atomic mass is 127. The molecule has 4 nitrogen and oxygen atoms in total. The molecule has 0 saturated carbocycles. The highest BCUT2D eigenvalue weighted by Crippen LogP contribution is 2.42. The van der Waals surface area contributed by atoms with Crippen LogP contribution in [-0.2, 0) is 6.42 Å². The number of thiazole rings is 1. The van der Waals surface area contributed by atoms with Crippen LogP contribution in [0, 0.1) is 7.14 Å². The van der Waals surface area contributed by atoms with Crippen LogP contribution in [-0.4, -0.2) is 9.67 Å². The van der Waals surface area contributed by atoms with Crippen LogP contribution in [0.2, 0.25) is 0 Å². The molecule has 0 spiro atoms. The van der Waals surface area contributed by atoms with E-state index in [1.54, 1.807) is 11.3 Å². The first-order valence-corrected chi connectivity index (χ1v) is 14.2. The maximum atomic E-state index is 13.7. The molecule has 6 rings (SSSR count). The third-order valence-corrected chi connectivity index (χ3v) is 9.57. The highest BCUT2D eigenvalue weighted by molar-refractivity contribution is 14.1. The number of fused-ring (bicyclic) bond motifs is 3. The topological polar surface area (TPSA) is 54.6 Å². The van der Waals surface area contributed by atoms with Crippen molar-refractivity contribution < 1.29 is 5.11 Å². The SMILES string of the molecule is O=c1/c(=C\c2cc(I)c(O)c(I)c2)sc2n1[C@H](c1cccs1)C1=C(N=2)c2ccccc2CC1. The van der Waals surface area contributed by atoms with Crippen LogP contribution < -0.4 is 14.9 Å². The summed E-state index contributed by atoms with van der Waals surface area (Å²) in [5, 5.41) is 12.2. The standard InChI is InChI=1S/C25H16I2N2O2S2/c26-17-10-13(11-18(27)23(17)30)12-20-24(31)29-22(19-6-3-9-32-19)16-8-7-14-4-1-2-5-15(14)21(16)28-25(29)33-20/h1-6,9-12,22,30H,7-8H2/b20-12+/t22-/m0/s1. The number of hydrogen-bond acceptors (Lipinski definition) is 5. The van der Waals surface area contributed by atoms with E-state index in [-0.39, 0.29) is 17.4 Å². The van der Waals surface area contributed by atoms with E-state index in [4.69, 9.17) is 4.99 Å². The highest BCUT2D eigenvalue weighted by Gasteiger charge is 2.32. The van der Waals surface area contributed by atoms with Crippen molar-refractivity contribution in [3.63, 3.8) is 0 Å². The molecule has 33 heavy (non-hydrogen) atoms. The summed E-state index contributed by atoms with van der Waals surface area (Å²) in [6, 6.07) is 16.3. The summed E-state index contributed by atoms with van der Waals surface area (Å²) in [5.74, 6) is 0.277. The summed E-state index contributed by atoms with van der Waals surface area (Å²) < 4.78 is 4.07. The average Bonchev–Trinajstić information content (AvgIpc) is 3.45. The first kappa shape index (κ1) is 21.8. The minimum Gasteiger partial charge on any atom is -0.506 e. The molecule has 1 N–H and O–H groups in total. The van der Waals surface area contributed by atoms with Crippen LogP contribution in [0.4, 0.5) is 0 Å². The number of halogens is 2. The Morgan fingerprint density at radius 1 is 1.09 bits per heavy atom. The van der Waals surface area contributed by atoms with Crippen molar-refractivity contribution in [3.8, 4) is 5.75 Å². The summed E-state index contributed by atoms with van der Waals surface area (Å²) in [6.45, 7) is 0. The molecule has 0 bridgehead atoms. The normalized spacial score (nSPS) is 17.4. The van der Waals surface area contributed by atoms with Gasteiger partial charge < -0.3 is 5.11 Å². The van der Waals surface area contributed by atoms with E-state index in [1.165, 1.54) is 32.9 Å². The van der Waals surface area contributed by atoms with E-state index < -0.39 is 0 Å². The maximum absolute atomic E-state index is 13.7. The summed E-state index contributed by atoms with van der Waals surface area (Å²) in [4.78, 5) is 20.6. The molecule has 2 aliphatic rings. The number of benzene rings is 2. The van der Waals surface area contributed by atoms with Gasteiger partial charge in [0.05, 0.1) is 23.4 Å². The van der Waals surface area contributed by atoms with Gasteiger partial charge in [0.15, 0.2) is 4.80 Å². The van der Waals surface area contributed by atoms with Gasteiger partial charge in [-0.05, 0) is 104 Å². The molecule has 2 aromatic heterocycles. The predicted molar refractivity (Wildman–Crippen MR) is 151 cm³/mol. The Bertz CT molecular complexity index is 1610. The van der Waals surface area contributed by atoms with E-state index in [9.17, 15) is 9.90 Å². The Morgan fingerprint density at radius 3 is 2.64 bits per heavy atom. The number of aromatic nitrogens is 1. The molecular formula is C25H16I2N2O2S2. The number of nitrogens with zero attached hydrogens (tertiary/aromatic N) is 2. The molecule has 3 heterocycles. The average molecular weight is 694 g/mol. The summed E-state index contributed by atoms with van der Waals surface area (Å²) in [5.41, 5.74) is 5.63. The first-order chi connectivity index (χ1) is 16.0. The molecule has 0 radical (unpaired) electrons. The van der Waals surface area contributed by atoms with Gasteiger partial charge in [-0.15, -0.1) is 11.3 Å². The molecule has 0 saturated heterocycles. The van der Waals surface area contributed by atoms with Gasteiger partial charge in [-0.2, -0.15) is 0 Å². The molecule has 1 aliphatic carbocycles. The van der Waals surface area contributed by atoms with Gasteiger partial charge >= 0.3 is 0 Å². The van der Waals surface area contributed by atoms with Crippen molar-refractivity contribution in [2.24, 2.45) is 4.99 Å². The van der Waals surface area contributed by atoms with Gasteiger partial charge in [0.1, 0.15) is 5.75 Å². The molecule has 1 atom stereocenters. The van der Waals surface area contributed by atoms with Gasteiger partial charge in [0, 0.05) is 10.4 Å². The number of aromatic hydroxyl groups is 1. The molecule has 0 unspecified atom stereocenters. The number of rotatable bonds is 2. The molecule has 8 heteroatoms. The third kappa shape index (κ3) is 3.65. The van der Waals surface area contributed by atoms with E-state index in [0.29, 0.717) is 4.53 Å². The van der Waals surface area contributed by atoms with Crippen LogP contribution in [0.15, 0.2) is 69.3 Å². The number of phenolic OH excluding ortho intramolecular Hbond substituents is 1. The van der Waals surface area contributed by atoms with Gasteiger partial charge in [-0.3, -0.25) is 9.36 Å². The van der Waals surface area contributed by atoms with Crippen LogP contribution in [0.3, 0.4) is 0 Å². The lowest BCUT2D eigenvalue weighted by Gasteiger charge is -2.30. The number of allylic oxidation sites excluding steroid dienone is 1. The minimum atomic E-state index is -0.119. The van der Waals surface area contributed by atoms with Gasteiger partial charge in [0.2, 0.25) is 0 Å². The first-order valence-electron chi connectivity index (χ1n) is 10.4. The smallest absolute Gasteiger partial charge is 0.271 e. The van der Waals surface area contributed by atoms with Gasteiger partial charge in [0.25, 0.3) is 5.56 Å². The van der Waals surface area contributed by atoms with Crippen LogP contribution in [0.25, 0.3) is 11.8 Å². The fraction of sp³-hybridized carbons (Fsp3) is 0.120. The number of thiophene rings is 1. The van der Waals surface area contributed by atoms with E-state index in [0.717, 1.165) is 36.0 Å². The largest absolute Gasteiger partial charge is 0.506 e. The van der Waals surface area contributed by atoms with Gasteiger partial charge in [-0.25, -0.2) is 4.99 Å². The second kappa shape index (κ2) is 8.47.